The molecule has 1 unspecified atom stereocenters. The zero-order valence-corrected chi connectivity index (χ0v) is 19.5. The van der Waals surface area contributed by atoms with Crippen molar-refractivity contribution in [2.75, 3.05) is 10.7 Å². The van der Waals surface area contributed by atoms with Crippen molar-refractivity contribution < 1.29 is 13.9 Å². The zero-order valence-electron chi connectivity index (χ0n) is 18.7. The highest BCUT2D eigenvalue weighted by Gasteiger charge is 2.35. The van der Waals surface area contributed by atoms with Crippen LogP contribution >= 0.6 is 11.8 Å². The van der Waals surface area contributed by atoms with Gasteiger partial charge in [-0.1, -0.05) is 49.4 Å². The molecule has 0 radical (unpaired) electrons. The molecule has 1 aliphatic rings. The second-order valence-electron chi connectivity index (χ2n) is 8.34. The lowest BCUT2D eigenvalue weighted by atomic mass is 10.00. The number of anilines is 1. The molecule has 0 N–H and O–H groups in total. The Kier molecular flexibility index (Phi) is 6.15. The van der Waals surface area contributed by atoms with Crippen LogP contribution < -0.4 is 9.64 Å². The molecule has 2 aromatic carbocycles. The second-order valence-corrected chi connectivity index (χ2v) is 9.33. The molecule has 1 atom stereocenters. The van der Waals surface area contributed by atoms with Gasteiger partial charge in [-0.15, -0.1) is 10.2 Å². The van der Waals surface area contributed by atoms with Crippen LogP contribution in [0, 0.1) is 25.6 Å². The molecule has 0 aliphatic carbocycles. The lowest BCUT2D eigenvalue weighted by Gasteiger charge is -2.31. The topological polar surface area (TPSA) is 68.2 Å². The van der Waals surface area contributed by atoms with Gasteiger partial charge in [-0.2, -0.15) is 4.98 Å². The molecular formula is C24H25FN4O2S. The van der Waals surface area contributed by atoms with Crippen LogP contribution in [-0.4, -0.2) is 26.8 Å². The summed E-state index contributed by atoms with van der Waals surface area (Å²) in [7, 11) is 0. The monoisotopic (exact) mass is 452 g/mol. The van der Waals surface area contributed by atoms with Crippen LogP contribution in [0.3, 0.4) is 0 Å². The molecule has 32 heavy (non-hydrogen) atoms. The van der Waals surface area contributed by atoms with E-state index in [0.29, 0.717) is 33.9 Å². The normalized spacial score (nSPS) is 15.1. The minimum atomic E-state index is -0.825. The third-order valence-electron chi connectivity index (χ3n) is 5.07. The first-order valence-electron chi connectivity index (χ1n) is 10.5. The van der Waals surface area contributed by atoms with E-state index in [1.807, 2.05) is 26.0 Å². The van der Waals surface area contributed by atoms with E-state index in [1.165, 1.54) is 30.8 Å². The van der Waals surface area contributed by atoms with Gasteiger partial charge in [-0.3, -0.25) is 9.69 Å². The maximum absolute atomic E-state index is 13.6. The summed E-state index contributed by atoms with van der Waals surface area (Å²) in [4.78, 5) is 19.1. The van der Waals surface area contributed by atoms with Crippen LogP contribution in [0.25, 0.3) is 11.3 Å². The quantitative estimate of drug-likeness (QED) is 0.488. The molecule has 8 heteroatoms. The average Bonchev–Trinajstić information content (AvgIpc) is 2.87. The number of nitrogens with zero attached hydrogens (tertiary/aromatic N) is 4. The fourth-order valence-corrected chi connectivity index (χ4v) is 4.48. The number of aryl methyl sites for hydroxylation is 2. The van der Waals surface area contributed by atoms with Gasteiger partial charge in [0.2, 0.25) is 23.2 Å². The number of ether oxygens (including phenoxy) is 1. The Hall–Kier alpha value is -3.00. The zero-order chi connectivity index (χ0) is 23.0. The number of aromatic nitrogens is 3. The van der Waals surface area contributed by atoms with Gasteiger partial charge < -0.3 is 4.74 Å². The van der Waals surface area contributed by atoms with Crippen molar-refractivity contribution in [2.24, 2.45) is 5.92 Å². The Balaban J connectivity index is 1.94. The van der Waals surface area contributed by atoms with E-state index in [2.05, 4.69) is 29.0 Å². The van der Waals surface area contributed by atoms with Gasteiger partial charge in [0.1, 0.15) is 5.82 Å². The van der Waals surface area contributed by atoms with E-state index in [0.717, 1.165) is 22.4 Å². The highest BCUT2D eigenvalue weighted by Crippen LogP contribution is 2.45. The SMILES string of the molecule is CC(=O)N1c2c(C)cc(C)cc2-c2nnc(SCC(C)C)nc2OC1c1ccc(F)cc1. The van der Waals surface area contributed by atoms with E-state index < -0.39 is 6.23 Å². The van der Waals surface area contributed by atoms with Gasteiger partial charge in [0.05, 0.1) is 5.69 Å². The third-order valence-corrected chi connectivity index (χ3v) is 6.34. The molecule has 4 rings (SSSR count). The predicted octanol–water partition coefficient (Wildman–Crippen LogP) is 5.49. The van der Waals surface area contributed by atoms with Gasteiger partial charge in [0, 0.05) is 23.8 Å². The molecule has 6 nitrogen and oxygen atoms in total. The molecule has 1 aliphatic heterocycles. The van der Waals surface area contributed by atoms with Crippen molar-refractivity contribution in [1.82, 2.24) is 15.2 Å². The molecule has 0 spiro atoms. The maximum Gasteiger partial charge on any atom is 0.247 e. The first-order valence-corrected chi connectivity index (χ1v) is 11.4. The molecule has 0 bridgehead atoms. The highest BCUT2D eigenvalue weighted by atomic mass is 32.2. The number of benzene rings is 2. The first kappa shape index (κ1) is 22.2. The minimum absolute atomic E-state index is 0.206. The summed E-state index contributed by atoms with van der Waals surface area (Å²) in [6, 6.07) is 9.92. The van der Waals surface area contributed by atoms with Crippen molar-refractivity contribution in [3.8, 4) is 17.1 Å². The standard InChI is InChI=1S/C24H25FN4O2S/c1-13(2)12-32-24-26-22-20(27-28-24)19-11-14(3)10-15(4)21(19)29(16(5)30)23(31-22)17-6-8-18(25)9-7-17/h6-11,13,23H,12H2,1-5H3. The summed E-state index contributed by atoms with van der Waals surface area (Å²) in [6.07, 6.45) is -0.825. The van der Waals surface area contributed by atoms with Gasteiger partial charge in [-0.05, 0) is 43.5 Å². The smallest absolute Gasteiger partial charge is 0.247 e. The lowest BCUT2D eigenvalue weighted by Crippen LogP contribution is -2.36. The number of rotatable bonds is 4. The van der Waals surface area contributed by atoms with E-state index in [9.17, 15) is 9.18 Å². The van der Waals surface area contributed by atoms with Gasteiger partial charge in [0.25, 0.3) is 0 Å². The summed E-state index contributed by atoms with van der Waals surface area (Å²) in [5.74, 6) is 1.05. The molecule has 3 aromatic rings. The number of fused-ring (bicyclic) bond motifs is 3. The second kappa shape index (κ2) is 8.86. The van der Waals surface area contributed by atoms with E-state index in [1.54, 1.807) is 17.0 Å². The summed E-state index contributed by atoms with van der Waals surface area (Å²) in [5, 5.41) is 9.28. The molecule has 166 valence electrons. The molecule has 2 heterocycles. The number of carbonyl (C=O) groups is 1. The van der Waals surface area contributed by atoms with Crippen molar-refractivity contribution in [3.63, 3.8) is 0 Å². The Bertz CT molecular complexity index is 1170. The number of halogens is 1. The van der Waals surface area contributed by atoms with E-state index in [-0.39, 0.29) is 11.7 Å². The van der Waals surface area contributed by atoms with Gasteiger partial charge >= 0.3 is 0 Å². The number of thioether (sulfide) groups is 1. The predicted molar refractivity (Wildman–Crippen MR) is 123 cm³/mol. The Labute approximate surface area is 191 Å². The minimum Gasteiger partial charge on any atom is -0.447 e. The van der Waals surface area contributed by atoms with Crippen LogP contribution in [0.1, 0.15) is 43.7 Å². The lowest BCUT2D eigenvalue weighted by molar-refractivity contribution is -0.118. The van der Waals surface area contributed by atoms with Crippen LogP contribution in [0.4, 0.5) is 10.1 Å². The van der Waals surface area contributed by atoms with Crippen molar-refractivity contribution >= 4 is 23.4 Å². The molecule has 0 fully saturated rings. The van der Waals surface area contributed by atoms with Crippen molar-refractivity contribution in [3.05, 3.63) is 58.9 Å². The molecule has 1 amide bonds. The average molecular weight is 453 g/mol. The summed E-state index contributed by atoms with van der Waals surface area (Å²) in [6.45, 7) is 9.67. The molecule has 1 aromatic heterocycles. The first-order chi connectivity index (χ1) is 15.2. The number of amides is 1. The van der Waals surface area contributed by atoms with Crippen molar-refractivity contribution in [2.45, 2.75) is 46.0 Å². The van der Waals surface area contributed by atoms with Crippen LogP contribution in [0.5, 0.6) is 5.88 Å². The number of carbonyl (C=O) groups excluding carboxylic acids is 1. The fourth-order valence-electron chi connectivity index (χ4n) is 3.75. The summed E-state index contributed by atoms with van der Waals surface area (Å²) < 4.78 is 20.0. The van der Waals surface area contributed by atoms with Crippen LogP contribution in [0.2, 0.25) is 0 Å². The van der Waals surface area contributed by atoms with Crippen LogP contribution in [-0.2, 0) is 4.79 Å². The highest BCUT2D eigenvalue weighted by molar-refractivity contribution is 7.99. The summed E-state index contributed by atoms with van der Waals surface area (Å²) >= 11 is 1.51. The molecular weight excluding hydrogens is 427 g/mol. The van der Waals surface area contributed by atoms with Gasteiger partial charge in [-0.25, -0.2) is 4.39 Å². The van der Waals surface area contributed by atoms with Gasteiger partial charge in [0.15, 0.2) is 5.69 Å². The fraction of sp³-hybridized carbons (Fsp3) is 0.333. The largest absolute Gasteiger partial charge is 0.447 e. The Morgan fingerprint density at radius 3 is 2.56 bits per heavy atom. The maximum atomic E-state index is 13.6. The number of hydrogen-bond acceptors (Lipinski definition) is 6. The molecule has 0 saturated heterocycles. The Morgan fingerprint density at radius 2 is 1.91 bits per heavy atom. The summed E-state index contributed by atoms with van der Waals surface area (Å²) in [5.41, 5.74) is 4.47. The van der Waals surface area contributed by atoms with E-state index >= 15 is 0 Å². The Morgan fingerprint density at radius 1 is 1.19 bits per heavy atom. The van der Waals surface area contributed by atoms with Crippen LogP contribution in [0.15, 0.2) is 41.6 Å². The number of hydrogen-bond donors (Lipinski definition) is 0. The molecule has 0 saturated carbocycles. The van der Waals surface area contributed by atoms with Crippen molar-refractivity contribution in [1.29, 1.82) is 0 Å². The van der Waals surface area contributed by atoms with E-state index in [4.69, 9.17) is 4.74 Å². The third kappa shape index (κ3) is 4.32.